The molecule has 182 valence electrons. The van der Waals surface area contributed by atoms with Crippen molar-refractivity contribution in [2.24, 2.45) is 5.92 Å². The molecule has 0 spiro atoms. The lowest BCUT2D eigenvalue weighted by atomic mass is 10.2. The number of carbonyl (C=O) groups excluding carboxylic acids is 2. The molecule has 0 saturated carbocycles. The summed E-state index contributed by atoms with van der Waals surface area (Å²) in [5.41, 5.74) is 3.45. The fourth-order valence-electron chi connectivity index (χ4n) is 3.83. The number of aromatic nitrogens is 2. The van der Waals surface area contributed by atoms with Gasteiger partial charge in [0.25, 0.3) is 5.91 Å². The summed E-state index contributed by atoms with van der Waals surface area (Å²) in [4.78, 5) is 31.6. The summed E-state index contributed by atoms with van der Waals surface area (Å²) in [6.07, 6.45) is 6.56. The van der Waals surface area contributed by atoms with Crippen LogP contribution in [0.1, 0.15) is 40.3 Å². The molecule has 0 aliphatic carbocycles. The Kier molecular flexibility index (Phi) is 7.45. The van der Waals surface area contributed by atoms with Crippen LogP contribution in [-0.2, 0) is 17.8 Å². The zero-order valence-corrected chi connectivity index (χ0v) is 20.9. The number of ether oxygens (including phenoxy) is 1. The van der Waals surface area contributed by atoms with Gasteiger partial charge in [0.15, 0.2) is 5.69 Å². The number of anilines is 2. The number of pyridine rings is 1. The monoisotopic (exact) mass is 492 g/mol. The molecule has 8 nitrogen and oxygen atoms in total. The summed E-state index contributed by atoms with van der Waals surface area (Å²) in [7, 11) is 1.32. The molecule has 3 aromatic heterocycles. The van der Waals surface area contributed by atoms with Crippen molar-refractivity contribution >= 4 is 46.0 Å². The molecule has 3 heterocycles. The number of fused-ring (bicyclic) bond motifs is 1. The highest BCUT2D eigenvalue weighted by Gasteiger charge is 2.27. The van der Waals surface area contributed by atoms with Crippen LogP contribution in [0.4, 0.5) is 11.4 Å². The lowest BCUT2D eigenvalue weighted by Crippen LogP contribution is -2.18. The van der Waals surface area contributed by atoms with Crippen LogP contribution in [-0.4, -0.2) is 34.8 Å². The molecule has 9 heteroatoms. The van der Waals surface area contributed by atoms with Gasteiger partial charge in [0.2, 0.25) is 0 Å². The molecular weight excluding hydrogens is 464 g/mol. The number of nitrogens with zero attached hydrogens (tertiary/aromatic N) is 2. The minimum atomic E-state index is -0.547. The number of hydrogen-bond acceptors (Lipinski definition) is 7. The lowest BCUT2D eigenvalue weighted by molar-refractivity contribution is 0.0589. The smallest absolute Gasteiger partial charge is 0.356 e. The van der Waals surface area contributed by atoms with Crippen molar-refractivity contribution in [3.05, 3.63) is 71.9 Å². The summed E-state index contributed by atoms with van der Waals surface area (Å²) in [6, 6.07) is 11.8. The zero-order chi connectivity index (χ0) is 24.9. The van der Waals surface area contributed by atoms with Crippen molar-refractivity contribution in [3.63, 3.8) is 0 Å². The highest BCUT2D eigenvalue weighted by molar-refractivity contribution is 7.98. The molecule has 2 N–H and O–H groups in total. The molecule has 0 aliphatic heterocycles. The quantitative estimate of drug-likeness (QED) is 0.230. The third-order valence-corrected chi connectivity index (χ3v) is 6.25. The lowest BCUT2D eigenvalue weighted by Gasteiger charge is -2.12. The van der Waals surface area contributed by atoms with Crippen LogP contribution >= 0.6 is 11.8 Å². The number of methoxy groups -OCH3 is 1. The third-order valence-electron chi connectivity index (χ3n) is 5.50. The van der Waals surface area contributed by atoms with E-state index in [-0.39, 0.29) is 17.5 Å². The summed E-state index contributed by atoms with van der Waals surface area (Å²) < 4.78 is 11.9. The highest BCUT2D eigenvalue weighted by Crippen LogP contribution is 2.34. The maximum atomic E-state index is 12.9. The average Bonchev–Trinajstić information content (AvgIpc) is 3.50. The van der Waals surface area contributed by atoms with E-state index in [1.54, 1.807) is 24.0 Å². The van der Waals surface area contributed by atoms with Crippen molar-refractivity contribution in [3.8, 4) is 0 Å². The fraction of sp³-hybridized carbons (Fsp3) is 0.269. The van der Waals surface area contributed by atoms with E-state index in [2.05, 4.69) is 53.7 Å². The Balaban J connectivity index is 1.75. The number of carbonyl (C=O) groups is 2. The van der Waals surface area contributed by atoms with Gasteiger partial charge in [-0.15, -0.1) is 11.8 Å². The van der Waals surface area contributed by atoms with Crippen LogP contribution < -0.4 is 10.6 Å². The van der Waals surface area contributed by atoms with Gasteiger partial charge in [0.1, 0.15) is 11.9 Å². The summed E-state index contributed by atoms with van der Waals surface area (Å²) in [5.74, 6) is -0.704. The number of rotatable bonds is 9. The van der Waals surface area contributed by atoms with Gasteiger partial charge in [0.05, 0.1) is 36.5 Å². The Morgan fingerprint density at radius 1 is 1.20 bits per heavy atom. The number of nitrogens with one attached hydrogen (secondary N) is 2. The van der Waals surface area contributed by atoms with Crippen LogP contribution in [0.2, 0.25) is 0 Å². The first-order chi connectivity index (χ1) is 16.9. The molecule has 4 rings (SSSR count). The molecule has 0 fully saturated rings. The van der Waals surface area contributed by atoms with E-state index < -0.39 is 5.97 Å². The standard InChI is InChI=1S/C26H28N4O4S/c1-16(2)14-30-23(26(32)33-3)22(29-25(31)18-9-10-34-15-18)21-11-19(13-28-24(21)30)27-12-17-5-7-20(35-4)8-6-17/h5-11,13,15-16,27H,12,14H2,1-4H3,(H,29,31). The molecule has 0 aliphatic rings. The molecule has 0 unspecified atom stereocenters. The van der Waals surface area contributed by atoms with Crippen molar-refractivity contribution < 1.29 is 18.7 Å². The first kappa shape index (κ1) is 24.4. The number of hydrogen-bond donors (Lipinski definition) is 2. The normalized spacial score (nSPS) is 11.1. The first-order valence-electron chi connectivity index (χ1n) is 11.2. The van der Waals surface area contributed by atoms with Gasteiger partial charge in [-0.3, -0.25) is 4.79 Å². The van der Waals surface area contributed by atoms with Gasteiger partial charge in [-0.2, -0.15) is 0 Å². The van der Waals surface area contributed by atoms with Gasteiger partial charge >= 0.3 is 5.97 Å². The van der Waals surface area contributed by atoms with Gasteiger partial charge in [-0.25, -0.2) is 9.78 Å². The van der Waals surface area contributed by atoms with E-state index in [0.29, 0.717) is 35.4 Å². The molecular formula is C26H28N4O4S. The van der Waals surface area contributed by atoms with E-state index in [0.717, 1.165) is 11.3 Å². The number of thioether (sulfide) groups is 1. The van der Waals surface area contributed by atoms with E-state index >= 15 is 0 Å². The minimum absolute atomic E-state index is 0.232. The van der Waals surface area contributed by atoms with E-state index in [1.165, 1.54) is 24.5 Å². The summed E-state index contributed by atoms with van der Waals surface area (Å²) in [5, 5.41) is 6.92. The average molecular weight is 493 g/mol. The van der Waals surface area contributed by atoms with Crippen molar-refractivity contribution in [2.75, 3.05) is 24.0 Å². The zero-order valence-electron chi connectivity index (χ0n) is 20.1. The molecule has 1 amide bonds. The predicted molar refractivity (Wildman–Crippen MR) is 138 cm³/mol. The van der Waals surface area contributed by atoms with E-state index in [1.807, 2.05) is 16.9 Å². The summed E-state index contributed by atoms with van der Waals surface area (Å²) >= 11 is 1.70. The molecule has 1 aromatic carbocycles. The Bertz CT molecular complexity index is 1330. The number of esters is 1. The molecule has 0 radical (unpaired) electrons. The van der Waals surface area contributed by atoms with Crippen LogP contribution in [0, 0.1) is 5.92 Å². The molecule has 0 bridgehead atoms. The van der Waals surface area contributed by atoms with Gasteiger partial charge in [-0.05, 0) is 42.0 Å². The summed E-state index contributed by atoms with van der Waals surface area (Å²) in [6.45, 7) is 5.24. The topological polar surface area (TPSA) is 98.4 Å². The Morgan fingerprint density at radius 3 is 2.60 bits per heavy atom. The van der Waals surface area contributed by atoms with Gasteiger partial charge < -0.3 is 24.4 Å². The Labute approximate surface area is 208 Å². The number of benzene rings is 1. The van der Waals surface area contributed by atoms with Crippen LogP contribution in [0.15, 0.2) is 64.4 Å². The number of furan rings is 1. The second kappa shape index (κ2) is 10.7. The largest absolute Gasteiger partial charge is 0.472 e. The van der Waals surface area contributed by atoms with Crippen LogP contribution in [0.3, 0.4) is 0 Å². The van der Waals surface area contributed by atoms with Crippen molar-refractivity contribution in [1.82, 2.24) is 9.55 Å². The van der Waals surface area contributed by atoms with Crippen LogP contribution in [0.5, 0.6) is 0 Å². The Morgan fingerprint density at radius 2 is 1.97 bits per heavy atom. The third kappa shape index (κ3) is 5.35. The first-order valence-corrected chi connectivity index (χ1v) is 12.4. The second-order valence-corrected chi connectivity index (χ2v) is 9.36. The second-order valence-electron chi connectivity index (χ2n) is 8.48. The SMILES string of the molecule is COC(=O)c1c(NC(=O)c2ccoc2)c2cc(NCc3ccc(SC)cc3)cnc2n1CC(C)C. The molecule has 35 heavy (non-hydrogen) atoms. The fourth-order valence-corrected chi connectivity index (χ4v) is 4.24. The molecule has 4 aromatic rings. The maximum Gasteiger partial charge on any atom is 0.356 e. The minimum Gasteiger partial charge on any atom is -0.472 e. The molecule has 0 atom stereocenters. The maximum absolute atomic E-state index is 12.9. The van der Waals surface area contributed by atoms with Gasteiger partial charge in [0, 0.05) is 23.4 Å². The van der Waals surface area contributed by atoms with Crippen molar-refractivity contribution in [2.45, 2.75) is 31.8 Å². The Hall–Kier alpha value is -3.72. The van der Waals surface area contributed by atoms with Crippen molar-refractivity contribution in [1.29, 1.82) is 0 Å². The molecule has 0 saturated heterocycles. The van der Waals surface area contributed by atoms with E-state index in [4.69, 9.17) is 9.15 Å². The highest BCUT2D eigenvalue weighted by atomic mass is 32.2. The van der Waals surface area contributed by atoms with Gasteiger partial charge in [-0.1, -0.05) is 26.0 Å². The predicted octanol–water partition coefficient (Wildman–Crippen LogP) is 5.66. The number of amides is 1. The van der Waals surface area contributed by atoms with Crippen LogP contribution in [0.25, 0.3) is 11.0 Å². The van der Waals surface area contributed by atoms with E-state index in [9.17, 15) is 9.59 Å².